The predicted octanol–water partition coefficient (Wildman–Crippen LogP) is 3.02. The highest BCUT2D eigenvalue weighted by Crippen LogP contribution is 2.19. The monoisotopic (exact) mass is 322 g/mol. The summed E-state index contributed by atoms with van der Waals surface area (Å²) in [5, 5.41) is 12.1. The standard InChI is InChI=1S/C15H22N4S2/c1-11(14-5-4-8-20-14)9-18-15(16-3)17-7-6-13-10-21-12(2)19-13/h4-5,8,10-11H,6-7,9H2,1-3H3,(H2,16,17,18). The van der Waals surface area contributed by atoms with Gasteiger partial charge in [-0.3, -0.25) is 4.99 Å². The normalized spacial score (nSPS) is 13.2. The van der Waals surface area contributed by atoms with Crippen molar-refractivity contribution in [3.63, 3.8) is 0 Å². The Labute approximate surface area is 134 Å². The molecule has 0 aliphatic carbocycles. The number of hydrogen-bond acceptors (Lipinski definition) is 4. The third-order valence-electron chi connectivity index (χ3n) is 3.17. The summed E-state index contributed by atoms with van der Waals surface area (Å²) < 4.78 is 0. The molecule has 114 valence electrons. The summed E-state index contributed by atoms with van der Waals surface area (Å²) in [4.78, 5) is 10.1. The van der Waals surface area contributed by atoms with Crippen molar-refractivity contribution in [2.45, 2.75) is 26.2 Å². The number of rotatable bonds is 6. The summed E-state index contributed by atoms with van der Waals surface area (Å²) in [5.74, 6) is 1.34. The molecule has 0 fully saturated rings. The zero-order valence-electron chi connectivity index (χ0n) is 12.7. The molecule has 2 aromatic heterocycles. The number of aryl methyl sites for hydroxylation is 1. The Kier molecular flexibility index (Phi) is 6.20. The van der Waals surface area contributed by atoms with Gasteiger partial charge in [-0.15, -0.1) is 22.7 Å². The number of aliphatic imine (C=N–C) groups is 1. The van der Waals surface area contributed by atoms with Gasteiger partial charge in [-0.25, -0.2) is 4.98 Å². The molecule has 2 rings (SSSR count). The summed E-state index contributed by atoms with van der Waals surface area (Å²) in [7, 11) is 1.80. The average Bonchev–Trinajstić information content (AvgIpc) is 3.14. The van der Waals surface area contributed by atoms with Gasteiger partial charge in [0.2, 0.25) is 0 Å². The largest absolute Gasteiger partial charge is 0.356 e. The molecule has 2 N–H and O–H groups in total. The molecule has 6 heteroatoms. The molecule has 1 unspecified atom stereocenters. The minimum absolute atomic E-state index is 0.491. The van der Waals surface area contributed by atoms with E-state index in [4.69, 9.17) is 0 Å². The van der Waals surface area contributed by atoms with E-state index in [-0.39, 0.29) is 0 Å². The maximum atomic E-state index is 4.46. The van der Waals surface area contributed by atoms with Crippen LogP contribution in [0.4, 0.5) is 0 Å². The maximum Gasteiger partial charge on any atom is 0.191 e. The molecule has 4 nitrogen and oxygen atoms in total. The predicted molar refractivity (Wildman–Crippen MR) is 92.7 cm³/mol. The van der Waals surface area contributed by atoms with E-state index in [0.29, 0.717) is 5.92 Å². The van der Waals surface area contributed by atoms with Crippen molar-refractivity contribution in [3.8, 4) is 0 Å². The third kappa shape index (κ3) is 5.13. The van der Waals surface area contributed by atoms with Crippen molar-refractivity contribution >= 4 is 28.6 Å². The molecule has 2 aromatic rings. The molecule has 0 radical (unpaired) electrons. The SMILES string of the molecule is CN=C(NCCc1csc(C)n1)NCC(C)c1cccs1. The van der Waals surface area contributed by atoms with Crippen LogP contribution in [0, 0.1) is 6.92 Å². The molecule has 0 saturated carbocycles. The van der Waals surface area contributed by atoms with Crippen LogP contribution in [0.3, 0.4) is 0 Å². The van der Waals surface area contributed by atoms with E-state index in [2.05, 4.69) is 50.4 Å². The molecule has 0 spiro atoms. The van der Waals surface area contributed by atoms with Crippen molar-refractivity contribution in [2.24, 2.45) is 4.99 Å². The van der Waals surface area contributed by atoms with E-state index >= 15 is 0 Å². The van der Waals surface area contributed by atoms with Gasteiger partial charge in [-0.1, -0.05) is 13.0 Å². The molecule has 1 atom stereocenters. The van der Waals surface area contributed by atoms with Gasteiger partial charge in [0.25, 0.3) is 0 Å². The summed E-state index contributed by atoms with van der Waals surface area (Å²) in [6.07, 6.45) is 0.922. The molecule has 0 aliphatic heterocycles. The van der Waals surface area contributed by atoms with E-state index in [1.165, 1.54) is 4.88 Å². The summed E-state index contributed by atoms with van der Waals surface area (Å²) in [6.45, 7) is 5.99. The fourth-order valence-electron chi connectivity index (χ4n) is 1.97. The van der Waals surface area contributed by atoms with E-state index < -0.39 is 0 Å². The van der Waals surface area contributed by atoms with E-state index in [0.717, 1.165) is 36.2 Å². The van der Waals surface area contributed by atoms with E-state index in [1.54, 1.807) is 29.7 Å². The average molecular weight is 323 g/mol. The van der Waals surface area contributed by atoms with Crippen molar-refractivity contribution < 1.29 is 0 Å². The third-order valence-corrected chi connectivity index (χ3v) is 5.09. The van der Waals surface area contributed by atoms with E-state index in [9.17, 15) is 0 Å². The van der Waals surface area contributed by atoms with Crippen LogP contribution in [0.2, 0.25) is 0 Å². The number of guanidine groups is 1. The van der Waals surface area contributed by atoms with Gasteiger partial charge in [0.05, 0.1) is 10.7 Å². The minimum atomic E-state index is 0.491. The molecular weight excluding hydrogens is 300 g/mol. The van der Waals surface area contributed by atoms with Crippen LogP contribution in [0.15, 0.2) is 27.9 Å². The molecule has 21 heavy (non-hydrogen) atoms. The first-order chi connectivity index (χ1) is 10.2. The molecule has 0 amide bonds. The first-order valence-corrected chi connectivity index (χ1v) is 8.84. The van der Waals surface area contributed by atoms with Gasteiger partial charge in [-0.05, 0) is 18.4 Å². The van der Waals surface area contributed by atoms with Gasteiger partial charge in [0, 0.05) is 42.7 Å². The van der Waals surface area contributed by atoms with Crippen LogP contribution >= 0.6 is 22.7 Å². The Morgan fingerprint density at radius 3 is 2.86 bits per heavy atom. The Hall–Kier alpha value is -1.40. The molecule has 0 bridgehead atoms. The summed E-state index contributed by atoms with van der Waals surface area (Å²) in [5.41, 5.74) is 1.15. The van der Waals surface area contributed by atoms with E-state index in [1.807, 2.05) is 6.92 Å². The highest BCUT2D eigenvalue weighted by atomic mass is 32.1. The topological polar surface area (TPSA) is 49.3 Å². The number of hydrogen-bond donors (Lipinski definition) is 2. The van der Waals surface area contributed by atoms with Gasteiger partial charge in [0.15, 0.2) is 5.96 Å². The second kappa shape index (κ2) is 8.14. The number of nitrogens with zero attached hydrogens (tertiary/aromatic N) is 2. The fourth-order valence-corrected chi connectivity index (χ4v) is 3.41. The van der Waals surface area contributed by atoms with Crippen molar-refractivity contribution in [3.05, 3.63) is 38.5 Å². The van der Waals surface area contributed by atoms with Crippen molar-refractivity contribution in [2.75, 3.05) is 20.1 Å². The minimum Gasteiger partial charge on any atom is -0.356 e. The first kappa shape index (κ1) is 16.0. The van der Waals surface area contributed by atoms with Crippen LogP contribution in [0.1, 0.15) is 28.4 Å². The Bertz CT molecular complexity index is 560. The van der Waals surface area contributed by atoms with Crippen LogP contribution < -0.4 is 10.6 Å². The highest BCUT2D eigenvalue weighted by Gasteiger charge is 2.07. The fraction of sp³-hybridized carbons (Fsp3) is 0.467. The highest BCUT2D eigenvalue weighted by molar-refractivity contribution is 7.10. The second-order valence-electron chi connectivity index (χ2n) is 4.90. The van der Waals surface area contributed by atoms with Gasteiger partial charge in [0.1, 0.15) is 0 Å². The number of thiophene rings is 1. The number of nitrogens with one attached hydrogen (secondary N) is 2. The summed E-state index contributed by atoms with van der Waals surface area (Å²) >= 11 is 3.50. The molecule has 2 heterocycles. The lowest BCUT2D eigenvalue weighted by molar-refractivity contribution is 0.705. The van der Waals surface area contributed by atoms with Crippen molar-refractivity contribution in [1.29, 1.82) is 0 Å². The maximum absolute atomic E-state index is 4.46. The molecule has 0 saturated heterocycles. The lowest BCUT2D eigenvalue weighted by Gasteiger charge is -2.15. The van der Waals surface area contributed by atoms with Gasteiger partial charge < -0.3 is 10.6 Å². The Morgan fingerprint density at radius 1 is 1.38 bits per heavy atom. The lowest BCUT2D eigenvalue weighted by Crippen LogP contribution is -2.39. The van der Waals surface area contributed by atoms with Crippen LogP contribution in [0.5, 0.6) is 0 Å². The Morgan fingerprint density at radius 2 is 2.24 bits per heavy atom. The zero-order chi connectivity index (χ0) is 15.1. The van der Waals surface area contributed by atoms with Crippen LogP contribution in [-0.2, 0) is 6.42 Å². The lowest BCUT2D eigenvalue weighted by atomic mass is 10.1. The zero-order valence-corrected chi connectivity index (χ0v) is 14.4. The Balaban J connectivity index is 1.71. The van der Waals surface area contributed by atoms with Gasteiger partial charge >= 0.3 is 0 Å². The number of thiazole rings is 1. The molecule has 0 aliphatic rings. The smallest absolute Gasteiger partial charge is 0.191 e. The second-order valence-corrected chi connectivity index (χ2v) is 6.95. The first-order valence-electron chi connectivity index (χ1n) is 7.08. The van der Waals surface area contributed by atoms with Gasteiger partial charge in [-0.2, -0.15) is 0 Å². The number of aromatic nitrogens is 1. The molecule has 0 aromatic carbocycles. The van der Waals surface area contributed by atoms with Crippen LogP contribution in [0.25, 0.3) is 0 Å². The van der Waals surface area contributed by atoms with Crippen LogP contribution in [-0.4, -0.2) is 31.1 Å². The quantitative estimate of drug-likeness (QED) is 0.635. The summed E-state index contributed by atoms with van der Waals surface area (Å²) in [6, 6.07) is 4.27. The molecular formula is C15H22N4S2. The van der Waals surface area contributed by atoms with Crippen molar-refractivity contribution in [1.82, 2.24) is 15.6 Å².